The Morgan fingerprint density at radius 1 is 0.375 bits per heavy atom. The zero-order valence-electron chi connectivity index (χ0n) is 30.3. The van der Waals surface area contributed by atoms with Gasteiger partial charge in [0.15, 0.2) is 17.5 Å². The lowest BCUT2D eigenvalue weighted by Gasteiger charge is -2.16. The van der Waals surface area contributed by atoms with Gasteiger partial charge in [0.05, 0.1) is 22.1 Å². The Balaban J connectivity index is 1.03. The van der Waals surface area contributed by atoms with Crippen molar-refractivity contribution in [2.45, 2.75) is 6.42 Å². The van der Waals surface area contributed by atoms with Crippen LogP contribution in [-0.2, 0) is 0 Å². The van der Waals surface area contributed by atoms with Crippen molar-refractivity contribution in [1.82, 2.24) is 24.1 Å². The molecule has 7 heteroatoms. The van der Waals surface area contributed by atoms with Gasteiger partial charge in [-0.2, -0.15) is 0 Å². The molecule has 7 aromatic carbocycles. The molecule has 0 amide bonds. The molecule has 0 radical (unpaired) electrons. The quantitative estimate of drug-likeness (QED) is 0.178. The summed E-state index contributed by atoms with van der Waals surface area (Å²) in [5.41, 5.74) is 9.91. The van der Waals surface area contributed by atoms with E-state index in [4.69, 9.17) is 24.9 Å². The Bertz CT molecular complexity index is 3120. The molecule has 0 spiro atoms. The van der Waals surface area contributed by atoms with E-state index in [0.717, 1.165) is 33.7 Å². The second-order valence-corrected chi connectivity index (χ2v) is 14.0. The normalized spacial score (nSPS) is 13.1. The van der Waals surface area contributed by atoms with Gasteiger partial charge in [-0.25, -0.2) is 19.9 Å². The lowest BCUT2D eigenvalue weighted by Crippen LogP contribution is -2.21. The fourth-order valence-electron chi connectivity index (χ4n) is 8.10. The zero-order valence-corrected chi connectivity index (χ0v) is 30.3. The maximum atomic E-state index is 5.21. The minimum Gasteiger partial charge on any atom is -0.309 e. The van der Waals surface area contributed by atoms with Gasteiger partial charge in [0.25, 0.3) is 0 Å². The summed E-state index contributed by atoms with van der Waals surface area (Å²) in [5.74, 6) is 3.06. The smallest absolute Gasteiger partial charge is 0.201 e. The summed E-state index contributed by atoms with van der Waals surface area (Å²) in [5, 5.41) is 4.82. The molecule has 1 aliphatic heterocycles. The molecule has 3 aromatic heterocycles. The predicted molar refractivity (Wildman–Crippen MR) is 229 cm³/mol. The van der Waals surface area contributed by atoms with Crippen molar-refractivity contribution >= 4 is 55.3 Å². The highest BCUT2D eigenvalue weighted by Gasteiger charge is 2.22. The first-order valence-electron chi connectivity index (χ1n) is 18.9. The first kappa shape index (κ1) is 32.0. The first-order valence-corrected chi connectivity index (χ1v) is 18.9. The van der Waals surface area contributed by atoms with Gasteiger partial charge in [-0.3, -0.25) is 9.56 Å². The van der Waals surface area contributed by atoms with E-state index in [-0.39, 0.29) is 0 Å². The van der Waals surface area contributed by atoms with Crippen LogP contribution in [0.15, 0.2) is 186 Å². The van der Waals surface area contributed by atoms with Crippen LogP contribution in [-0.4, -0.2) is 42.3 Å². The van der Waals surface area contributed by atoms with E-state index in [1.165, 1.54) is 43.7 Å². The molecule has 11 rings (SSSR count). The average molecular weight is 720 g/mol. The maximum Gasteiger partial charge on any atom is 0.201 e. The molecule has 10 aromatic rings. The highest BCUT2D eigenvalue weighted by molar-refractivity contribution is 6.18. The Morgan fingerprint density at radius 2 is 0.839 bits per heavy atom. The maximum absolute atomic E-state index is 5.21. The summed E-state index contributed by atoms with van der Waals surface area (Å²) in [6.45, 7) is 0.573. The monoisotopic (exact) mass is 719 g/mol. The Hall–Kier alpha value is -7.51. The second kappa shape index (κ2) is 13.1. The lowest BCUT2D eigenvalue weighted by atomic mass is 10.0. The average Bonchev–Trinajstić information content (AvgIpc) is 3.79. The van der Waals surface area contributed by atoms with Gasteiger partial charge in [-0.1, -0.05) is 127 Å². The number of fused-ring (bicyclic) bond motifs is 6. The highest BCUT2D eigenvalue weighted by Crippen LogP contribution is 2.37. The Labute approximate surface area is 322 Å². The summed E-state index contributed by atoms with van der Waals surface area (Å²) in [6, 6.07) is 61.5. The summed E-state index contributed by atoms with van der Waals surface area (Å²) in [6.07, 6.45) is 0.684. The van der Waals surface area contributed by atoms with Crippen LogP contribution >= 0.6 is 0 Å². The molecule has 0 bridgehead atoms. The van der Waals surface area contributed by atoms with Gasteiger partial charge < -0.3 is 4.57 Å². The van der Waals surface area contributed by atoms with Crippen LogP contribution in [0.1, 0.15) is 12.2 Å². The molecule has 1 aliphatic rings. The molecule has 0 atom stereocenters. The number of hydrogen-bond acceptors (Lipinski definition) is 5. The topological polar surface area (TPSA) is 73.2 Å². The number of aliphatic imine (C=N–C) groups is 2. The number of rotatable bonds is 5. The number of para-hydroxylation sites is 3. The zero-order chi connectivity index (χ0) is 37.0. The van der Waals surface area contributed by atoms with E-state index >= 15 is 0 Å². The molecule has 0 fully saturated rings. The molecule has 0 saturated heterocycles. The Kier molecular flexibility index (Phi) is 7.48. The van der Waals surface area contributed by atoms with Crippen LogP contribution in [0.4, 0.5) is 0 Å². The molecule has 4 heterocycles. The van der Waals surface area contributed by atoms with E-state index in [0.29, 0.717) is 36.3 Å². The molecule has 0 aliphatic carbocycles. The summed E-state index contributed by atoms with van der Waals surface area (Å²) < 4.78 is 4.65. The third-order valence-corrected chi connectivity index (χ3v) is 10.7. The van der Waals surface area contributed by atoms with E-state index in [9.17, 15) is 0 Å². The van der Waals surface area contributed by atoms with Gasteiger partial charge in [0, 0.05) is 51.3 Å². The van der Waals surface area contributed by atoms with E-state index in [1.54, 1.807) is 0 Å². The molecule has 264 valence electrons. The molecule has 56 heavy (non-hydrogen) atoms. The van der Waals surface area contributed by atoms with E-state index in [1.807, 2.05) is 60.7 Å². The third kappa shape index (κ3) is 5.32. The van der Waals surface area contributed by atoms with Crippen LogP contribution in [0.3, 0.4) is 0 Å². The van der Waals surface area contributed by atoms with Crippen molar-refractivity contribution in [3.63, 3.8) is 0 Å². The molecule has 7 nitrogen and oxygen atoms in total. The van der Waals surface area contributed by atoms with E-state index in [2.05, 4.69) is 124 Å². The standard InChI is InChI=1S/C49H33N7/c1-4-14-32(15-5-1)46-52-47(33-16-6-2-7-17-33)54-49(53-46)48-50-29-28-45(51-48)56-42-23-13-11-21-38(42)40-31-35(25-27-44(40)56)34-24-26-43-39(30-34)37-20-10-12-22-41(37)55(43)36-18-8-3-9-19-36/h1-27,30-31H,28-29H2. The molecule has 0 unspecified atom stereocenters. The first-order chi connectivity index (χ1) is 27.8. The largest absolute Gasteiger partial charge is 0.309 e. The fraction of sp³-hybridized carbons (Fsp3) is 0.0408. The lowest BCUT2D eigenvalue weighted by molar-refractivity contribution is 0.955. The van der Waals surface area contributed by atoms with Crippen molar-refractivity contribution in [2.24, 2.45) is 9.98 Å². The minimum atomic E-state index is 0.460. The SMILES string of the molecule is c1ccc(-c2nc(C3=NCCC(n4c5ccccc5c5cc(-c6ccc7c(c6)c6ccccc6n7-c6ccccc6)ccc54)=N3)nc(-c3ccccc3)n2)cc1. The fourth-order valence-corrected chi connectivity index (χ4v) is 8.10. The third-order valence-electron chi connectivity index (χ3n) is 10.7. The van der Waals surface area contributed by atoms with Crippen molar-refractivity contribution in [2.75, 3.05) is 6.54 Å². The summed E-state index contributed by atoms with van der Waals surface area (Å²) >= 11 is 0. The van der Waals surface area contributed by atoms with Crippen molar-refractivity contribution in [3.8, 4) is 39.6 Å². The number of aromatic nitrogens is 5. The minimum absolute atomic E-state index is 0.460. The molecular formula is C49H33N7. The van der Waals surface area contributed by atoms with Crippen LogP contribution < -0.4 is 0 Å². The van der Waals surface area contributed by atoms with Crippen LogP contribution in [0, 0.1) is 0 Å². The van der Waals surface area contributed by atoms with Gasteiger partial charge in [-0.05, 0) is 59.7 Å². The second-order valence-electron chi connectivity index (χ2n) is 14.0. The molecule has 0 saturated carbocycles. The number of benzene rings is 7. The van der Waals surface area contributed by atoms with Crippen molar-refractivity contribution < 1.29 is 0 Å². The number of amidine groups is 1. The van der Waals surface area contributed by atoms with Crippen LogP contribution in [0.2, 0.25) is 0 Å². The number of nitrogens with zero attached hydrogens (tertiary/aromatic N) is 7. The van der Waals surface area contributed by atoms with Crippen LogP contribution in [0.5, 0.6) is 0 Å². The molecule has 0 N–H and O–H groups in total. The summed E-state index contributed by atoms with van der Waals surface area (Å²) in [4.78, 5) is 24.8. The van der Waals surface area contributed by atoms with Gasteiger partial charge in [-0.15, -0.1) is 0 Å². The number of hydrogen-bond donors (Lipinski definition) is 0. The van der Waals surface area contributed by atoms with Gasteiger partial charge >= 0.3 is 0 Å². The summed E-state index contributed by atoms with van der Waals surface area (Å²) in [7, 11) is 0. The van der Waals surface area contributed by atoms with Gasteiger partial charge in [0.1, 0.15) is 5.84 Å². The van der Waals surface area contributed by atoms with Crippen molar-refractivity contribution in [3.05, 3.63) is 182 Å². The Morgan fingerprint density at radius 3 is 1.43 bits per heavy atom. The highest BCUT2D eigenvalue weighted by atomic mass is 15.2. The van der Waals surface area contributed by atoms with Gasteiger partial charge in [0.2, 0.25) is 5.82 Å². The predicted octanol–water partition coefficient (Wildman–Crippen LogP) is 11.2. The van der Waals surface area contributed by atoms with Crippen LogP contribution in [0.25, 0.3) is 83.2 Å². The van der Waals surface area contributed by atoms with E-state index < -0.39 is 0 Å². The van der Waals surface area contributed by atoms with Crippen molar-refractivity contribution in [1.29, 1.82) is 0 Å². The molecular weight excluding hydrogens is 687 g/mol.